The van der Waals surface area contributed by atoms with Crippen molar-refractivity contribution in [2.24, 2.45) is 11.8 Å². The van der Waals surface area contributed by atoms with Crippen molar-refractivity contribution in [1.29, 1.82) is 0 Å². The lowest BCUT2D eigenvalue weighted by atomic mass is 9.66. The molecule has 0 aromatic heterocycles. The number of carbonyl (C=O) groups excluding carboxylic acids is 3. The number of amides is 2. The highest BCUT2D eigenvalue weighted by Gasteiger charge is 2.77. The molecule has 1 N–H and O–H groups in total. The molecule has 3 aliphatic rings. The number of rotatable bonds is 13. The first-order valence-corrected chi connectivity index (χ1v) is 14.0. The fraction of sp³-hybridized carbons (Fsp3) is 0.552. The normalized spacial score (nSPS) is 29.2. The van der Waals surface area contributed by atoms with Crippen molar-refractivity contribution in [2.45, 2.75) is 54.6 Å². The number of allylic oxidation sites excluding steroid dienone is 1. The fourth-order valence-electron chi connectivity index (χ4n) is 6.43. The van der Waals surface area contributed by atoms with Crippen LogP contribution in [0.3, 0.4) is 0 Å². The Labute approximate surface area is 229 Å². The Balaban J connectivity index is 1.66. The number of hydrogen-bond donors (Lipinski definition) is 1. The summed E-state index contributed by atoms with van der Waals surface area (Å²) in [5.74, 6) is -1.51. The standard InChI is InChI=1S/C29H38N2O6S/c1-5-7-8-9-19-37-27(35)23-22-25(33)31(17-18-32)24(29(22)15-14-28(23,3)38-29)26(34)30(16-6-2)20-10-12-21(36-4)13-11-20/h5-6,10-13,22-24,32H,1-2,7-9,14-19H2,3-4H3/t22-,23-,24?,28+,29?/m0/s1. The number of fused-ring (bicyclic) bond motifs is 1. The van der Waals surface area contributed by atoms with E-state index in [-0.39, 0.29) is 37.5 Å². The summed E-state index contributed by atoms with van der Waals surface area (Å²) in [4.78, 5) is 44.8. The molecule has 5 atom stereocenters. The van der Waals surface area contributed by atoms with Gasteiger partial charge in [-0.15, -0.1) is 24.9 Å². The van der Waals surface area contributed by atoms with Gasteiger partial charge in [0.1, 0.15) is 11.8 Å². The van der Waals surface area contributed by atoms with E-state index in [0.29, 0.717) is 30.9 Å². The molecule has 1 aromatic rings. The number of aliphatic hydroxyl groups is 1. The first kappa shape index (κ1) is 28.2. The average Bonchev–Trinajstić information content (AvgIpc) is 3.48. The molecule has 3 saturated heterocycles. The Morgan fingerprint density at radius 1 is 1.21 bits per heavy atom. The summed E-state index contributed by atoms with van der Waals surface area (Å²) in [6, 6.07) is 6.35. The third kappa shape index (κ3) is 4.75. The molecule has 8 nitrogen and oxygen atoms in total. The van der Waals surface area contributed by atoms with Gasteiger partial charge in [0.15, 0.2) is 0 Å². The summed E-state index contributed by atoms with van der Waals surface area (Å²) >= 11 is 1.59. The smallest absolute Gasteiger partial charge is 0.311 e. The third-order valence-electron chi connectivity index (χ3n) is 8.11. The molecule has 2 amide bonds. The molecule has 0 saturated carbocycles. The van der Waals surface area contributed by atoms with Crippen molar-refractivity contribution in [3.05, 3.63) is 49.6 Å². The van der Waals surface area contributed by atoms with Crippen molar-refractivity contribution in [2.75, 3.05) is 38.3 Å². The van der Waals surface area contributed by atoms with Crippen LogP contribution in [0.25, 0.3) is 0 Å². The van der Waals surface area contributed by atoms with Crippen LogP contribution in [-0.2, 0) is 19.1 Å². The average molecular weight is 543 g/mol. The number of ether oxygens (including phenoxy) is 2. The minimum atomic E-state index is -0.814. The molecule has 0 radical (unpaired) electrons. The summed E-state index contributed by atoms with van der Waals surface area (Å²) in [6.07, 6.45) is 7.30. The lowest BCUT2D eigenvalue weighted by Crippen LogP contribution is -2.55. The topological polar surface area (TPSA) is 96.4 Å². The second-order valence-electron chi connectivity index (χ2n) is 10.4. The maximum atomic E-state index is 14.3. The highest BCUT2D eigenvalue weighted by molar-refractivity contribution is 8.02. The van der Waals surface area contributed by atoms with E-state index in [4.69, 9.17) is 9.47 Å². The third-order valence-corrected chi connectivity index (χ3v) is 10.1. The maximum absolute atomic E-state index is 14.3. The summed E-state index contributed by atoms with van der Waals surface area (Å²) < 4.78 is 9.69. The number of benzene rings is 1. The van der Waals surface area contributed by atoms with Gasteiger partial charge in [0.05, 0.1) is 36.9 Å². The maximum Gasteiger partial charge on any atom is 0.311 e. The lowest BCUT2D eigenvalue weighted by molar-refractivity contribution is -0.155. The quantitative estimate of drug-likeness (QED) is 0.231. The van der Waals surface area contributed by atoms with Crippen LogP contribution >= 0.6 is 11.8 Å². The van der Waals surface area contributed by atoms with Gasteiger partial charge < -0.3 is 24.4 Å². The number of likely N-dealkylation sites (tertiary alicyclic amines) is 1. The Kier molecular flexibility index (Phi) is 8.57. The van der Waals surface area contributed by atoms with Crippen molar-refractivity contribution in [3.63, 3.8) is 0 Å². The summed E-state index contributed by atoms with van der Waals surface area (Å²) in [5.41, 5.74) is 0.659. The van der Waals surface area contributed by atoms with Gasteiger partial charge >= 0.3 is 5.97 Å². The van der Waals surface area contributed by atoms with Gasteiger partial charge in [-0.3, -0.25) is 14.4 Å². The van der Waals surface area contributed by atoms with Gasteiger partial charge in [0.25, 0.3) is 5.91 Å². The molecule has 3 fully saturated rings. The van der Waals surface area contributed by atoms with Crippen LogP contribution in [0.4, 0.5) is 5.69 Å². The number of anilines is 1. The molecular formula is C29H38N2O6S. The molecule has 38 heavy (non-hydrogen) atoms. The van der Waals surface area contributed by atoms with Crippen LogP contribution < -0.4 is 9.64 Å². The summed E-state index contributed by atoms with van der Waals surface area (Å²) in [6.45, 7) is 9.87. The van der Waals surface area contributed by atoms with E-state index < -0.39 is 27.4 Å². The number of esters is 1. The fourth-order valence-corrected chi connectivity index (χ4v) is 8.77. The zero-order valence-corrected chi connectivity index (χ0v) is 23.1. The van der Waals surface area contributed by atoms with E-state index in [2.05, 4.69) is 13.2 Å². The molecule has 9 heteroatoms. The predicted octanol–water partition coefficient (Wildman–Crippen LogP) is 3.59. The molecule has 4 rings (SSSR count). The monoisotopic (exact) mass is 542 g/mol. The van der Waals surface area contributed by atoms with Crippen LogP contribution in [-0.4, -0.2) is 76.7 Å². The summed E-state index contributed by atoms with van der Waals surface area (Å²) in [7, 11) is 1.58. The van der Waals surface area contributed by atoms with Crippen molar-refractivity contribution < 1.29 is 29.0 Å². The number of carbonyl (C=O) groups is 3. The second-order valence-corrected chi connectivity index (χ2v) is 12.3. The van der Waals surface area contributed by atoms with Crippen molar-refractivity contribution in [3.8, 4) is 5.75 Å². The molecule has 2 bridgehead atoms. The highest BCUT2D eigenvalue weighted by Crippen LogP contribution is 2.71. The number of aliphatic hydroxyl groups excluding tert-OH is 1. The Hall–Kier alpha value is -2.78. The van der Waals surface area contributed by atoms with Crippen LogP contribution in [0.15, 0.2) is 49.6 Å². The van der Waals surface area contributed by atoms with Crippen molar-refractivity contribution in [1.82, 2.24) is 4.90 Å². The zero-order chi connectivity index (χ0) is 27.5. The Bertz CT molecular complexity index is 1080. The molecule has 1 aromatic carbocycles. The van der Waals surface area contributed by atoms with Gasteiger partial charge in [-0.05, 0) is 63.3 Å². The van der Waals surface area contributed by atoms with E-state index in [1.54, 1.807) is 54.1 Å². The Morgan fingerprint density at radius 2 is 1.95 bits per heavy atom. The molecule has 3 aliphatic heterocycles. The number of unbranched alkanes of at least 4 members (excludes halogenated alkanes) is 2. The molecule has 2 unspecified atom stereocenters. The summed E-state index contributed by atoms with van der Waals surface area (Å²) in [5, 5.41) is 9.85. The predicted molar refractivity (Wildman–Crippen MR) is 148 cm³/mol. The molecule has 3 heterocycles. The van der Waals surface area contributed by atoms with E-state index >= 15 is 0 Å². The van der Waals surface area contributed by atoms with E-state index in [1.807, 2.05) is 13.0 Å². The van der Waals surface area contributed by atoms with Crippen molar-refractivity contribution >= 4 is 35.2 Å². The highest BCUT2D eigenvalue weighted by atomic mass is 32.2. The van der Waals surface area contributed by atoms with Crippen LogP contribution in [0.2, 0.25) is 0 Å². The van der Waals surface area contributed by atoms with Crippen LogP contribution in [0, 0.1) is 11.8 Å². The number of nitrogens with zero attached hydrogens (tertiary/aromatic N) is 2. The molecule has 1 spiro atoms. The second kappa shape index (κ2) is 11.5. The van der Waals surface area contributed by atoms with Crippen LogP contribution in [0.5, 0.6) is 5.75 Å². The molecular weight excluding hydrogens is 504 g/mol. The number of methoxy groups -OCH3 is 1. The van der Waals surface area contributed by atoms with E-state index in [1.165, 1.54) is 4.90 Å². The van der Waals surface area contributed by atoms with Gasteiger partial charge in [0, 0.05) is 23.5 Å². The first-order valence-electron chi connectivity index (χ1n) is 13.2. The lowest BCUT2D eigenvalue weighted by Gasteiger charge is -2.37. The molecule has 206 valence electrons. The van der Waals surface area contributed by atoms with Crippen LogP contribution in [0.1, 0.15) is 39.0 Å². The van der Waals surface area contributed by atoms with Gasteiger partial charge in [-0.25, -0.2) is 0 Å². The van der Waals surface area contributed by atoms with Gasteiger partial charge in [-0.1, -0.05) is 12.2 Å². The van der Waals surface area contributed by atoms with Gasteiger partial charge in [-0.2, -0.15) is 0 Å². The van der Waals surface area contributed by atoms with E-state index in [9.17, 15) is 19.5 Å². The number of hydrogen-bond acceptors (Lipinski definition) is 7. The first-order chi connectivity index (χ1) is 18.3. The SMILES string of the molecule is C=CCCCCOC(=O)[C@@H]1[C@H]2C(=O)N(CCO)C(C(=O)N(CC=C)c3ccc(OC)cc3)C23CC[C@@]1(C)S3. The molecule has 0 aliphatic carbocycles. The minimum absolute atomic E-state index is 0.0264. The number of β-amino-alcohol motifs (C(OH)–C–C–N with tert-alkyl or cyclic N) is 1. The largest absolute Gasteiger partial charge is 0.497 e. The number of thioether (sulfide) groups is 1. The minimum Gasteiger partial charge on any atom is -0.497 e. The van der Waals surface area contributed by atoms with E-state index in [0.717, 1.165) is 19.3 Å². The Morgan fingerprint density at radius 3 is 2.58 bits per heavy atom. The van der Waals surface area contributed by atoms with Gasteiger partial charge in [0.2, 0.25) is 5.91 Å². The zero-order valence-electron chi connectivity index (χ0n) is 22.3.